The molecule has 0 spiro atoms. The topological polar surface area (TPSA) is 58.6 Å². The summed E-state index contributed by atoms with van der Waals surface area (Å²) < 4.78 is 5.64. The van der Waals surface area contributed by atoms with Gasteiger partial charge in [0.2, 0.25) is 0 Å². The van der Waals surface area contributed by atoms with Crippen LogP contribution in [0.15, 0.2) is 22.7 Å². The number of rotatable bonds is 1. The summed E-state index contributed by atoms with van der Waals surface area (Å²) in [4.78, 5) is 11.4. The molecule has 88 valence electrons. The summed E-state index contributed by atoms with van der Waals surface area (Å²) in [6.07, 6.45) is -0.547. The van der Waals surface area contributed by atoms with Gasteiger partial charge >= 0.3 is 6.09 Å². The van der Waals surface area contributed by atoms with Gasteiger partial charge in [-0.25, -0.2) is 4.79 Å². The van der Waals surface area contributed by atoms with E-state index in [9.17, 15) is 9.90 Å². The molecule has 0 unspecified atom stereocenters. The van der Waals surface area contributed by atoms with Gasteiger partial charge in [-0.2, -0.15) is 0 Å². The minimum absolute atomic E-state index is 0.0635. The van der Waals surface area contributed by atoms with E-state index in [1.54, 1.807) is 32.9 Å². The van der Waals surface area contributed by atoms with Crippen molar-refractivity contribution in [1.82, 2.24) is 0 Å². The predicted octanol–water partition coefficient (Wildman–Crippen LogP) is 3.50. The number of nitrogens with one attached hydrogen (secondary N) is 1. The third-order valence-corrected chi connectivity index (χ3v) is 2.26. The first-order valence-corrected chi connectivity index (χ1v) is 5.56. The molecular formula is C11H14BrNO3. The summed E-state index contributed by atoms with van der Waals surface area (Å²) in [6, 6.07) is 4.74. The van der Waals surface area contributed by atoms with Gasteiger partial charge in [-0.05, 0) is 48.8 Å². The summed E-state index contributed by atoms with van der Waals surface area (Å²) in [7, 11) is 0. The average Bonchev–Trinajstić information content (AvgIpc) is 2.08. The number of ether oxygens (including phenoxy) is 1. The van der Waals surface area contributed by atoms with Crippen LogP contribution < -0.4 is 5.32 Å². The zero-order valence-corrected chi connectivity index (χ0v) is 11.0. The van der Waals surface area contributed by atoms with E-state index >= 15 is 0 Å². The number of phenolic OH excluding ortho intramolecular Hbond substituents is 1. The molecule has 0 saturated carbocycles. The summed E-state index contributed by atoms with van der Waals surface area (Å²) >= 11 is 3.15. The molecular weight excluding hydrogens is 274 g/mol. The van der Waals surface area contributed by atoms with Gasteiger partial charge in [-0.15, -0.1) is 0 Å². The number of amides is 1. The van der Waals surface area contributed by atoms with Crippen LogP contribution in [0.3, 0.4) is 0 Å². The van der Waals surface area contributed by atoms with Crippen LogP contribution in [0.2, 0.25) is 0 Å². The molecule has 5 heteroatoms. The highest BCUT2D eigenvalue weighted by molar-refractivity contribution is 9.10. The minimum Gasteiger partial charge on any atom is -0.507 e. The minimum atomic E-state index is -0.547. The summed E-state index contributed by atoms with van der Waals surface area (Å²) in [5, 5.41) is 11.9. The fourth-order valence-corrected chi connectivity index (χ4v) is 1.26. The molecule has 0 aliphatic rings. The van der Waals surface area contributed by atoms with E-state index in [2.05, 4.69) is 21.2 Å². The number of hydrogen-bond acceptors (Lipinski definition) is 3. The molecule has 0 radical (unpaired) electrons. The zero-order valence-electron chi connectivity index (χ0n) is 9.37. The van der Waals surface area contributed by atoms with E-state index in [0.29, 0.717) is 10.2 Å². The second kappa shape index (κ2) is 4.74. The Morgan fingerprint density at radius 3 is 2.56 bits per heavy atom. The van der Waals surface area contributed by atoms with Gasteiger partial charge in [-0.3, -0.25) is 5.32 Å². The fourth-order valence-electron chi connectivity index (χ4n) is 1.01. The molecule has 1 amide bonds. The Kier molecular flexibility index (Phi) is 3.80. The number of carbonyl (C=O) groups excluding carboxylic acids is 1. The van der Waals surface area contributed by atoms with E-state index in [-0.39, 0.29) is 5.75 Å². The number of aromatic hydroxyl groups is 1. The molecule has 2 N–H and O–H groups in total. The largest absolute Gasteiger partial charge is 0.507 e. The Balaban J connectivity index is 2.67. The normalized spacial score (nSPS) is 11.0. The molecule has 4 nitrogen and oxygen atoms in total. The Morgan fingerprint density at radius 1 is 1.44 bits per heavy atom. The monoisotopic (exact) mass is 287 g/mol. The van der Waals surface area contributed by atoms with Crippen molar-refractivity contribution in [3.8, 4) is 5.75 Å². The number of carbonyl (C=O) groups is 1. The first-order valence-electron chi connectivity index (χ1n) is 4.76. The van der Waals surface area contributed by atoms with E-state index < -0.39 is 11.7 Å². The number of benzene rings is 1. The van der Waals surface area contributed by atoms with Crippen LogP contribution >= 0.6 is 15.9 Å². The lowest BCUT2D eigenvalue weighted by atomic mass is 10.2. The van der Waals surface area contributed by atoms with E-state index in [0.717, 1.165) is 0 Å². The zero-order chi connectivity index (χ0) is 12.3. The highest BCUT2D eigenvalue weighted by Crippen LogP contribution is 2.26. The van der Waals surface area contributed by atoms with Crippen LogP contribution in [-0.2, 0) is 4.74 Å². The summed E-state index contributed by atoms with van der Waals surface area (Å²) in [5.41, 5.74) is -0.0588. The molecule has 1 aromatic carbocycles. The van der Waals surface area contributed by atoms with Crippen molar-refractivity contribution in [2.75, 3.05) is 5.32 Å². The fraction of sp³-hybridized carbons (Fsp3) is 0.364. The van der Waals surface area contributed by atoms with Crippen LogP contribution in [0.4, 0.5) is 10.5 Å². The summed E-state index contributed by atoms with van der Waals surface area (Å²) in [6.45, 7) is 5.35. The maximum atomic E-state index is 11.4. The molecule has 0 atom stereocenters. The number of halogens is 1. The second-order valence-corrected chi connectivity index (χ2v) is 5.15. The van der Waals surface area contributed by atoms with E-state index in [4.69, 9.17) is 4.74 Å². The van der Waals surface area contributed by atoms with Gasteiger partial charge in [0.1, 0.15) is 11.4 Å². The lowest BCUT2D eigenvalue weighted by molar-refractivity contribution is 0.0636. The van der Waals surface area contributed by atoms with Gasteiger partial charge in [0, 0.05) is 11.8 Å². The molecule has 0 aliphatic carbocycles. The third-order valence-electron chi connectivity index (χ3n) is 1.59. The Hall–Kier alpha value is -1.23. The van der Waals surface area contributed by atoms with Crippen molar-refractivity contribution in [2.24, 2.45) is 0 Å². The molecule has 0 aliphatic heterocycles. The highest BCUT2D eigenvalue weighted by Gasteiger charge is 2.16. The first kappa shape index (κ1) is 12.8. The Morgan fingerprint density at radius 2 is 2.06 bits per heavy atom. The van der Waals surface area contributed by atoms with Crippen molar-refractivity contribution in [1.29, 1.82) is 0 Å². The lowest BCUT2D eigenvalue weighted by Crippen LogP contribution is -2.27. The van der Waals surface area contributed by atoms with Crippen LogP contribution in [0.1, 0.15) is 20.8 Å². The summed E-state index contributed by atoms with van der Waals surface area (Å²) in [5.74, 6) is 0.0635. The number of anilines is 1. The number of phenols is 1. The van der Waals surface area contributed by atoms with Crippen molar-refractivity contribution >= 4 is 27.7 Å². The van der Waals surface area contributed by atoms with Crippen LogP contribution in [0.5, 0.6) is 5.75 Å². The predicted molar refractivity (Wildman–Crippen MR) is 65.7 cm³/mol. The molecule has 0 saturated heterocycles. The van der Waals surface area contributed by atoms with Gasteiger partial charge in [0.15, 0.2) is 0 Å². The Labute approximate surface area is 103 Å². The van der Waals surface area contributed by atoms with Gasteiger partial charge in [0.25, 0.3) is 0 Å². The Bertz CT molecular complexity index is 399. The van der Waals surface area contributed by atoms with Crippen LogP contribution in [0, 0.1) is 0 Å². The van der Waals surface area contributed by atoms with Crippen molar-refractivity contribution in [3.63, 3.8) is 0 Å². The third kappa shape index (κ3) is 4.10. The van der Waals surface area contributed by atoms with Gasteiger partial charge in [0.05, 0.1) is 4.47 Å². The second-order valence-electron chi connectivity index (χ2n) is 4.29. The maximum absolute atomic E-state index is 11.4. The highest BCUT2D eigenvalue weighted by atomic mass is 79.9. The molecule has 1 rings (SSSR count). The van der Waals surface area contributed by atoms with Gasteiger partial charge < -0.3 is 9.84 Å². The van der Waals surface area contributed by atoms with Crippen LogP contribution in [-0.4, -0.2) is 16.8 Å². The SMILES string of the molecule is CC(C)(C)OC(=O)Nc1ccc(Br)c(O)c1. The molecule has 1 aromatic rings. The van der Waals surface area contributed by atoms with Crippen molar-refractivity contribution in [2.45, 2.75) is 26.4 Å². The number of hydrogen-bond donors (Lipinski definition) is 2. The standard InChI is InChI=1S/C11H14BrNO3/c1-11(2,3)16-10(15)13-7-4-5-8(12)9(14)6-7/h4-6,14H,1-3H3,(H,13,15). The molecule has 0 aromatic heterocycles. The maximum Gasteiger partial charge on any atom is 0.412 e. The van der Waals surface area contributed by atoms with Crippen molar-refractivity contribution in [3.05, 3.63) is 22.7 Å². The average molecular weight is 288 g/mol. The molecule has 0 fully saturated rings. The van der Waals surface area contributed by atoms with E-state index in [1.165, 1.54) is 6.07 Å². The van der Waals surface area contributed by atoms with Crippen molar-refractivity contribution < 1.29 is 14.6 Å². The van der Waals surface area contributed by atoms with E-state index in [1.807, 2.05) is 0 Å². The first-order chi connectivity index (χ1) is 7.28. The van der Waals surface area contributed by atoms with Crippen LogP contribution in [0.25, 0.3) is 0 Å². The molecule has 0 bridgehead atoms. The van der Waals surface area contributed by atoms with Gasteiger partial charge in [-0.1, -0.05) is 0 Å². The smallest absolute Gasteiger partial charge is 0.412 e. The lowest BCUT2D eigenvalue weighted by Gasteiger charge is -2.19. The quantitative estimate of drug-likeness (QED) is 0.831. The molecule has 0 heterocycles. The molecule has 16 heavy (non-hydrogen) atoms.